The van der Waals surface area contributed by atoms with Gasteiger partial charge in [0.1, 0.15) is 5.84 Å². The molecule has 196 valence electrons. The molecule has 0 bridgehead atoms. The first kappa shape index (κ1) is 25.7. The van der Waals surface area contributed by atoms with Crippen LogP contribution < -0.4 is 0 Å². The number of rotatable bonds is 6. The Balaban J connectivity index is 1.50. The van der Waals surface area contributed by atoms with Gasteiger partial charge in [0.2, 0.25) is 0 Å². The Morgan fingerprint density at radius 3 is 2.71 bits per heavy atom. The summed E-state index contributed by atoms with van der Waals surface area (Å²) in [6, 6.07) is 10.5. The number of fused-ring (bicyclic) bond motifs is 2. The van der Waals surface area contributed by atoms with Gasteiger partial charge in [0.25, 0.3) is 0 Å². The van der Waals surface area contributed by atoms with Crippen molar-refractivity contribution in [3.8, 4) is 0 Å². The van der Waals surface area contributed by atoms with E-state index in [4.69, 9.17) is 20.5 Å². The number of hydrogen-bond acceptors (Lipinski definition) is 5. The lowest BCUT2D eigenvalue weighted by Gasteiger charge is -2.26. The van der Waals surface area contributed by atoms with E-state index in [-0.39, 0.29) is 5.92 Å². The van der Waals surface area contributed by atoms with E-state index >= 15 is 0 Å². The van der Waals surface area contributed by atoms with E-state index in [9.17, 15) is 0 Å². The van der Waals surface area contributed by atoms with Crippen LogP contribution in [0.25, 0.3) is 5.57 Å². The summed E-state index contributed by atoms with van der Waals surface area (Å²) in [6.07, 6.45) is 9.72. The maximum absolute atomic E-state index is 7.81. The van der Waals surface area contributed by atoms with E-state index in [2.05, 4.69) is 53.0 Å². The Kier molecular flexibility index (Phi) is 7.31. The second-order valence-electron chi connectivity index (χ2n) is 10.3. The molecule has 0 fully saturated rings. The van der Waals surface area contributed by atoms with Gasteiger partial charge < -0.3 is 5.41 Å². The van der Waals surface area contributed by atoms with Crippen LogP contribution in [0.2, 0.25) is 0 Å². The van der Waals surface area contributed by atoms with Crippen LogP contribution in [0, 0.1) is 18.3 Å². The van der Waals surface area contributed by atoms with E-state index in [1.165, 1.54) is 39.9 Å². The molecule has 1 aliphatic carbocycles. The van der Waals surface area contributed by atoms with Crippen LogP contribution in [0.3, 0.4) is 0 Å². The largest absolute Gasteiger partial charge is 0.312 e. The molecule has 5 rings (SSSR count). The van der Waals surface area contributed by atoms with Crippen molar-refractivity contribution in [2.75, 3.05) is 7.05 Å². The van der Waals surface area contributed by atoms with Crippen LogP contribution in [0.15, 0.2) is 50.9 Å². The molecule has 8 nitrogen and oxygen atoms in total. The number of aryl methyl sites for hydroxylation is 4. The molecule has 1 aliphatic heterocycles. The zero-order chi connectivity index (χ0) is 26.8. The number of aliphatic imine (C=N–C) groups is 3. The van der Waals surface area contributed by atoms with Crippen molar-refractivity contribution >= 4 is 35.9 Å². The summed E-state index contributed by atoms with van der Waals surface area (Å²) in [7, 11) is 5.75. The van der Waals surface area contributed by atoms with E-state index in [0.29, 0.717) is 5.92 Å². The maximum Gasteiger partial charge on any atom is 0.175 e. The molecule has 1 N–H and O–H groups in total. The van der Waals surface area contributed by atoms with E-state index in [0.717, 1.165) is 55.0 Å². The fourth-order valence-corrected chi connectivity index (χ4v) is 5.56. The SMILES string of the molecule is CN=CC(C=N)c1cccc(Cc2c3c(nn2C)CCC2=C3C(C)CCC(=Nc3cc(C)n(C)n3)N=C2)c1. The third-order valence-electron chi connectivity index (χ3n) is 7.69. The first-order valence-corrected chi connectivity index (χ1v) is 13.3. The summed E-state index contributed by atoms with van der Waals surface area (Å²) in [5.74, 6) is 1.82. The van der Waals surface area contributed by atoms with Gasteiger partial charge >= 0.3 is 0 Å². The van der Waals surface area contributed by atoms with Crippen molar-refractivity contribution < 1.29 is 0 Å². The molecule has 38 heavy (non-hydrogen) atoms. The van der Waals surface area contributed by atoms with Gasteiger partial charge in [-0.3, -0.25) is 14.4 Å². The Morgan fingerprint density at radius 1 is 1.13 bits per heavy atom. The lowest BCUT2D eigenvalue weighted by Crippen LogP contribution is -2.16. The van der Waals surface area contributed by atoms with Gasteiger partial charge in [0.15, 0.2) is 5.82 Å². The number of amidine groups is 1. The van der Waals surface area contributed by atoms with Crippen molar-refractivity contribution in [2.45, 2.75) is 51.9 Å². The van der Waals surface area contributed by atoms with Gasteiger partial charge in [-0.2, -0.15) is 10.2 Å². The van der Waals surface area contributed by atoms with Gasteiger partial charge in [-0.25, -0.2) is 9.98 Å². The van der Waals surface area contributed by atoms with E-state index in [1.54, 1.807) is 7.05 Å². The van der Waals surface area contributed by atoms with E-state index in [1.807, 2.05) is 37.1 Å². The van der Waals surface area contributed by atoms with Gasteiger partial charge in [0, 0.05) is 70.0 Å². The molecule has 2 aliphatic rings. The van der Waals surface area contributed by atoms with Crippen LogP contribution >= 0.6 is 0 Å². The summed E-state index contributed by atoms with van der Waals surface area (Å²) in [4.78, 5) is 13.7. The van der Waals surface area contributed by atoms with Crippen LogP contribution in [-0.4, -0.2) is 51.1 Å². The number of nitrogens with one attached hydrogen (secondary N) is 1. The molecule has 2 atom stereocenters. The van der Waals surface area contributed by atoms with Crippen molar-refractivity contribution in [3.63, 3.8) is 0 Å². The molecular weight excluding hydrogens is 472 g/mol. The van der Waals surface area contributed by atoms with E-state index < -0.39 is 0 Å². The van der Waals surface area contributed by atoms with Crippen molar-refractivity contribution in [1.82, 2.24) is 19.6 Å². The van der Waals surface area contributed by atoms with Crippen LogP contribution in [0.1, 0.15) is 65.9 Å². The summed E-state index contributed by atoms with van der Waals surface area (Å²) in [6.45, 7) is 4.35. The molecule has 2 unspecified atom stereocenters. The number of benzene rings is 1. The van der Waals surface area contributed by atoms with Gasteiger partial charge in [-0.05, 0) is 54.4 Å². The molecule has 0 radical (unpaired) electrons. The molecule has 8 heteroatoms. The normalized spacial score (nSPS) is 19.4. The van der Waals surface area contributed by atoms with Crippen LogP contribution in [-0.2, 0) is 26.9 Å². The molecule has 0 amide bonds. The quantitative estimate of drug-likeness (QED) is 0.450. The second-order valence-corrected chi connectivity index (χ2v) is 10.3. The smallest absolute Gasteiger partial charge is 0.175 e. The average Bonchev–Trinajstić information content (AvgIpc) is 3.39. The monoisotopic (exact) mass is 508 g/mol. The van der Waals surface area contributed by atoms with Crippen LogP contribution in [0.4, 0.5) is 5.82 Å². The highest BCUT2D eigenvalue weighted by Crippen LogP contribution is 2.40. The van der Waals surface area contributed by atoms with Gasteiger partial charge in [0.05, 0.1) is 17.3 Å². The Labute approximate surface area is 224 Å². The van der Waals surface area contributed by atoms with Crippen molar-refractivity contribution in [3.05, 3.63) is 69.7 Å². The summed E-state index contributed by atoms with van der Waals surface area (Å²) in [5, 5.41) is 17.3. The minimum Gasteiger partial charge on any atom is -0.312 e. The third kappa shape index (κ3) is 5.08. The molecule has 3 heterocycles. The molecule has 0 saturated heterocycles. The van der Waals surface area contributed by atoms with Gasteiger partial charge in [-0.15, -0.1) is 0 Å². The van der Waals surface area contributed by atoms with Crippen molar-refractivity contribution in [1.29, 1.82) is 5.41 Å². The first-order chi connectivity index (χ1) is 18.4. The molecule has 0 saturated carbocycles. The zero-order valence-corrected chi connectivity index (χ0v) is 22.9. The highest BCUT2D eigenvalue weighted by molar-refractivity contribution is 6.01. The third-order valence-corrected chi connectivity index (χ3v) is 7.69. The Bertz CT molecular complexity index is 1460. The highest BCUT2D eigenvalue weighted by Gasteiger charge is 2.30. The standard InChI is InChI=1S/C30H36N8/c1-19-9-12-27(34-28-13-20(2)37(4)36-28)33-18-23-10-11-25-30(29(19)23)26(38(5)35-25)15-21-7-6-8-22(14-21)24(16-31)17-32-3/h6-8,13-14,16-19,24,31H,9-12,15H2,1-5H3. The molecule has 0 spiro atoms. The predicted octanol–water partition coefficient (Wildman–Crippen LogP) is 5.42. The molecule has 2 aromatic heterocycles. The summed E-state index contributed by atoms with van der Waals surface area (Å²) in [5.41, 5.74) is 9.78. The molecular formula is C30H36N8. The first-order valence-electron chi connectivity index (χ1n) is 13.3. The lowest BCUT2D eigenvalue weighted by atomic mass is 9.79. The topological polar surface area (TPSA) is 96.6 Å². The average molecular weight is 509 g/mol. The number of nitrogens with zero attached hydrogens (tertiary/aromatic N) is 7. The summed E-state index contributed by atoms with van der Waals surface area (Å²) < 4.78 is 3.91. The highest BCUT2D eigenvalue weighted by atomic mass is 15.3. The minimum absolute atomic E-state index is 0.109. The Hall–Kier alpha value is -3.94. The summed E-state index contributed by atoms with van der Waals surface area (Å²) >= 11 is 0. The maximum atomic E-state index is 7.81. The Morgan fingerprint density at radius 2 is 1.97 bits per heavy atom. The lowest BCUT2D eigenvalue weighted by molar-refractivity contribution is 0.672. The van der Waals surface area contributed by atoms with Gasteiger partial charge in [-0.1, -0.05) is 31.2 Å². The number of allylic oxidation sites excluding steroid dienone is 2. The van der Waals surface area contributed by atoms with Crippen LogP contribution in [0.5, 0.6) is 0 Å². The second kappa shape index (κ2) is 10.8. The molecule has 3 aromatic rings. The zero-order valence-electron chi connectivity index (χ0n) is 22.9. The predicted molar refractivity (Wildman–Crippen MR) is 156 cm³/mol. The number of hydrogen-bond donors (Lipinski definition) is 1. The fraction of sp³-hybridized carbons (Fsp3) is 0.400. The number of aromatic nitrogens is 4. The fourth-order valence-electron chi connectivity index (χ4n) is 5.56. The van der Waals surface area contributed by atoms with Crippen molar-refractivity contribution in [2.24, 2.45) is 35.0 Å². The molecule has 1 aromatic carbocycles. The minimum atomic E-state index is -0.109.